The third-order valence-electron chi connectivity index (χ3n) is 4.33. The largest absolute Gasteiger partial charge is 0.321 e. The first kappa shape index (κ1) is 11.6. The molecule has 1 amide bonds. The van der Waals surface area contributed by atoms with E-state index < -0.39 is 0 Å². The third kappa shape index (κ3) is 1.47. The average Bonchev–Trinajstić information content (AvgIpc) is 2.26. The molecule has 3 rings (SSSR count). The molecule has 3 heteroatoms. The summed E-state index contributed by atoms with van der Waals surface area (Å²) >= 11 is 0. The molecule has 3 nitrogen and oxygen atoms in total. The predicted molar refractivity (Wildman–Crippen MR) is 72.2 cm³/mol. The minimum atomic E-state index is -0.382. The zero-order valence-corrected chi connectivity index (χ0v) is 10.8. The summed E-state index contributed by atoms with van der Waals surface area (Å²) in [7, 11) is 0. The number of hydrogen-bond acceptors (Lipinski definition) is 2. The van der Waals surface area contributed by atoms with E-state index in [1.165, 1.54) is 11.1 Å². The molecular formula is C15H18N2O. The van der Waals surface area contributed by atoms with E-state index in [9.17, 15) is 4.79 Å². The highest BCUT2D eigenvalue weighted by Crippen LogP contribution is 2.47. The Morgan fingerprint density at radius 2 is 2.33 bits per heavy atom. The molecule has 1 saturated carbocycles. The first-order valence-electron chi connectivity index (χ1n) is 6.47. The van der Waals surface area contributed by atoms with Crippen LogP contribution in [0.5, 0.6) is 0 Å². The van der Waals surface area contributed by atoms with Gasteiger partial charge in [-0.15, -0.1) is 0 Å². The maximum absolute atomic E-state index is 11.4. The van der Waals surface area contributed by atoms with Crippen molar-refractivity contribution in [2.45, 2.75) is 32.2 Å². The summed E-state index contributed by atoms with van der Waals surface area (Å²) in [6.07, 6.45) is 9.62. The molecule has 3 unspecified atom stereocenters. The Labute approximate surface area is 107 Å². The molecule has 94 valence electrons. The molecule has 0 radical (unpaired) electrons. The van der Waals surface area contributed by atoms with Gasteiger partial charge in [-0.3, -0.25) is 4.79 Å². The van der Waals surface area contributed by atoms with Gasteiger partial charge in [-0.1, -0.05) is 23.8 Å². The van der Waals surface area contributed by atoms with E-state index in [1.54, 1.807) is 6.08 Å². The lowest BCUT2D eigenvalue weighted by Gasteiger charge is -2.49. The fourth-order valence-electron chi connectivity index (χ4n) is 3.75. The minimum Gasteiger partial charge on any atom is -0.321 e. The molecule has 1 fully saturated rings. The highest BCUT2D eigenvalue weighted by atomic mass is 16.1. The molecule has 1 aliphatic heterocycles. The monoisotopic (exact) mass is 242 g/mol. The Balaban J connectivity index is 2.15. The van der Waals surface area contributed by atoms with E-state index >= 15 is 0 Å². The topological polar surface area (TPSA) is 55.5 Å². The second-order valence-electron chi connectivity index (χ2n) is 5.56. The fourth-order valence-corrected chi connectivity index (χ4v) is 3.75. The third-order valence-corrected chi connectivity index (χ3v) is 4.33. The summed E-state index contributed by atoms with van der Waals surface area (Å²) in [6.45, 7) is 4.19. The molecule has 0 aromatic carbocycles. The van der Waals surface area contributed by atoms with Crippen LogP contribution in [0.1, 0.15) is 26.7 Å². The number of allylic oxidation sites excluding steroid dienone is 2. The first-order chi connectivity index (χ1) is 8.54. The van der Waals surface area contributed by atoms with E-state index in [-0.39, 0.29) is 17.4 Å². The molecular weight excluding hydrogens is 224 g/mol. The van der Waals surface area contributed by atoms with Gasteiger partial charge in [-0.2, -0.15) is 0 Å². The average molecular weight is 242 g/mol. The van der Waals surface area contributed by atoms with Crippen LogP contribution >= 0.6 is 0 Å². The zero-order chi connectivity index (χ0) is 12.9. The molecule has 2 bridgehead atoms. The molecule has 0 saturated heterocycles. The normalized spacial score (nSPS) is 40.4. The second-order valence-corrected chi connectivity index (χ2v) is 5.56. The van der Waals surface area contributed by atoms with Crippen LogP contribution in [0.3, 0.4) is 0 Å². The fraction of sp³-hybridized carbons (Fsp3) is 0.467. The summed E-state index contributed by atoms with van der Waals surface area (Å²) in [5.41, 5.74) is 9.92. The molecule has 18 heavy (non-hydrogen) atoms. The Morgan fingerprint density at radius 3 is 3.06 bits per heavy atom. The van der Waals surface area contributed by atoms with Crippen molar-refractivity contribution in [3.8, 4) is 0 Å². The molecule has 0 aromatic heterocycles. The molecule has 3 aliphatic rings. The Hall–Kier alpha value is -1.48. The number of nitrogens with zero attached hydrogens (tertiary/aromatic N) is 1. The zero-order valence-electron chi connectivity index (χ0n) is 10.8. The van der Waals surface area contributed by atoms with Gasteiger partial charge in [0.25, 0.3) is 5.91 Å². The van der Waals surface area contributed by atoms with Crippen LogP contribution in [0.25, 0.3) is 0 Å². The van der Waals surface area contributed by atoms with Crippen LogP contribution in [0.4, 0.5) is 0 Å². The van der Waals surface area contributed by atoms with Crippen molar-refractivity contribution in [2.24, 2.45) is 22.6 Å². The van der Waals surface area contributed by atoms with Gasteiger partial charge in [-0.25, -0.2) is 4.99 Å². The van der Waals surface area contributed by atoms with Crippen LogP contribution in [-0.2, 0) is 4.79 Å². The van der Waals surface area contributed by atoms with Crippen molar-refractivity contribution in [1.29, 1.82) is 0 Å². The smallest absolute Gasteiger partial charge is 0.269 e. The number of carbonyl (C=O) groups excluding carboxylic acids is 1. The number of amides is 1. The lowest BCUT2D eigenvalue weighted by molar-refractivity contribution is -0.113. The van der Waals surface area contributed by atoms with E-state index in [1.807, 2.05) is 6.08 Å². The SMILES string of the molecule is CC=C1C2C=C(C)CC1(N)C1C=CC(=O)N=C1C2. The summed E-state index contributed by atoms with van der Waals surface area (Å²) in [5.74, 6) is 0.261. The van der Waals surface area contributed by atoms with Crippen LogP contribution in [-0.4, -0.2) is 17.2 Å². The van der Waals surface area contributed by atoms with Crippen molar-refractivity contribution in [1.82, 2.24) is 0 Å². The Bertz CT molecular complexity index is 539. The number of nitrogens with two attached hydrogens (primary N) is 1. The van der Waals surface area contributed by atoms with Crippen molar-refractivity contribution in [3.05, 3.63) is 35.5 Å². The van der Waals surface area contributed by atoms with E-state index in [4.69, 9.17) is 5.73 Å². The molecule has 2 aliphatic carbocycles. The number of rotatable bonds is 0. The predicted octanol–water partition coefficient (Wildman–Crippen LogP) is 2.15. The van der Waals surface area contributed by atoms with Crippen LogP contribution < -0.4 is 5.73 Å². The van der Waals surface area contributed by atoms with Crippen molar-refractivity contribution in [3.63, 3.8) is 0 Å². The standard InChI is InChI=1S/C15H18N2O/c1-3-11-10-6-9(2)8-15(11,16)12-4-5-14(18)17-13(12)7-10/h3-6,10,12H,7-8,16H2,1-2H3. The maximum Gasteiger partial charge on any atom is 0.269 e. The van der Waals surface area contributed by atoms with Gasteiger partial charge in [0.05, 0.1) is 5.54 Å². The lowest BCUT2D eigenvalue weighted by atomic mass is 9.58. The molecule has 0 aromatic rings. The number of carbonyl (C=O) groups is 1. The van der Waals surface area contributed by atoms with Gasteiger partial charge in [0.1, 0.15) is 0 Å². The molecule has 2 N–H and O–H groups in total. The number of dihydropyridines is 1. The number of aliphatic imine (C=N–C) groups is 1. The highest BCUT2D eigenvalue weighted by Gasteiger charge is 2.49. The lowest BCUT2D eigenvalue weighted by Crippen LogP contribution is -2.58. The Kier molecular flexibility index (Phi) is 2.42. The number of fused-ring (bicyclic) bond motifs is 4. The van der Waals surface area contributed by atoms with Crippen molar-refractivity contribution in [2.75, 3.05) is 0 Å². The maximum atomic E-state index is 11.4. The van der Waals surface area contributed by atoms with Gasteiger partial charge in [0.2, 0.25) is 0 Å². The highest BCUT2D eigenvalue weighted by molar-refractivity contribution is 6.06. The first-order valence-corrected chi connectivity index (χ1v) is 6.47. The van der Waals surface area contributed by atoms with Crippen molar-refractivity contribution < 1.29 is 4.79 Å². The van der Waals surface area contributed by atoms with Crippen LogP contribution in [0, 0.1) is 11.8 Å². The van der Waals surface area contributed by atoms with Gasteiger partial charge < -0.3 is 5.73 Å². The number of hydrogen-bond donors (Lipinski definition) is 1. The van der Waals surface area contributed by atoms with E-state index in [2.05, 4.69) is 31.0 Å². The summed E-state index contributed by atoms with van der Waals surface area (Å²) < 4.78 is 0. The summed E-state index contributed by atoms with van der Waals surface area (Å²) in [5, 5.41) is 0. The van der Waals surface area contributed by atoms with E-state index in [0.29, 0.717) is 5.92 Å². The van der Waals surface area contributed by atoms with E-state index in [0.717, 1.165) is 18.6 Å². The van der Waals surface area contributed by atoms with Gasteiger partial charge >= 0.3 is 0 Å². The van der Waals surface area contributed by atoms with Crippen molar-refractivity contribution >= 4 is 11.6 Å². The minimum absolute atomic E-state index is 0.0845. The molecule has 3 atom stereocenters. The quantitative estimate of drug-likeness (QED) is 0.662. The summed E-state index contributed by atoms with van der Waals surface area (Å²) in [4.78, 5) is 15.6. The van der Waals surface area contributed by atoms with Crippen LogP contribution in [0.15, 0.2) is 40.4 Å². The van der Waals surface area contributed by atoms with Gasteiger partial charge in [0, 0.05) is 23.6 Å². The Morgan fingerprint density at radius 1 is 1.56 bits per heavy atom. The van der Waals surface area contributed by atoms with Gasteiger partial charge in [-0.05, 0) is 32.3 Å². The van der Waals surface area contributed by atoms with Gasteiger partial charge in [0.15, 0.2) is 0 Å². The molecule has 0 spiro atoms. The van der Waals surface area contributed by atoms with Crippen LogP contribution in [0.2, 0.25) is 0 Å². The second kappa shape index (κ2) is 3.75. The summed E-state index contributed by atoms with van der Waals surface area (Å²) in [6, 6.07) is 0. The molecule has 1 heterocycles.